The number of Topliss-reactive ketones (excluding diaryl/α,β-unsaturated/α-hetero) is 1. The molecule has 1 atom stereocenters. The molecule has 28 heavy (non-hydrogen) atoms. The van der Waals surface area contributed by atoms with Crippen molar-refractivity contribution in [3.63, 3.8) is 0 Å². The van der Waals surface area contributed by atoms with E-state index in [-0.39, 0.29) is 11.8 Å². The quantitative estimate of drug-likeness (QED) is 0.497. The average Bonchev–Trinajstić information content (AvgIpc) is 2.73. The number of carbonyl (C=O) groups excluding carboxylic acids is 1. The third-order valence-electron chi connectivity index (χ3n) is 5.61. The highest BCUT2D eigenvalue weighted by atomic mass is 35.5. The minimum Gasteiger partial charge on any atom is -0.294 e. The van der Waals surface area contributed by atoms with Gasteiger partial charge in [0.05, 0.1) is 0 Å². The van der Waals surface area contributed by atoms with Gasteiger partial charge in [0.2, 0.25) is 0 Å². The van der Waals surface area contributed by atoms with Gasteiger partial charge in [0.15, 0.2) is 5.78 Å². The van der Waals surface area contributed by atoms with Crippen LogP contribution in [0, 0.1) is 6.92 Å². The molecule has 0 fully saturated rings. The Labute approximate surface area is 171 Å². The summed E-state index contributed by atoms with van der Waals surface area (Å²) in [4.78, 5) is 15.5. The van der Waals surface area contributed by atoms with Gasteiger partial charge in [0, 0.05) is 36.1 Å². The lowest BCUT2D eigenvalue weighted by Crippen LogP contribution is -2.35. The zero-order valence-corrected chi connectivity index (χ0v) is 16.8. The van der Waals surface area contributed by atoms with Crippen LogP contribution in [0.1, 0.15) is 45.1 Å². The molecular weight excluding hydrogens is 366 g/mol. The predicted molar refractivity (Wildman–Crippen MR) is 115 cm³/mol. The van der Waals surface area contributed by atoms with E-state index >= 15 is 0 Å². The molecule has 1 unspecified atom stereocenters. The summed E-state index contributed by atoms with van der Waals surface area (Å²) >= 11 is 6.10. The second-order valence-electron chi connectivity index (χ2n) is 7.55. The Morgan fingerprint density at radius 3 is 2.36 bits per heavy atom. The summed E-state index contributed by atoms with van der Waals surface area (Å²) in [6, 6.07) is 24.4. The Morgan fingerprint density at radius 1 is 0.964 bits per heavy atom. The van der Waals surface area contributed by atoms with E-state index in [4.69, 9.17) is 11.6 Å². The zero-order valence-electron chi connectivity index (χ0n) is 16.1. The molecule has 2 nitrogen and oxygen atoms in total. The topological polar surface area (TPSA) is 20.3 Å². The van der Waals surface area contributed by atoms with Gasteiger partial charge in [-0.25, -0.2) is 0 Å². The fourth-order valence-electron chi connectivity index (χ4n) is 3.96. The number of hydrogen-bond donors (Lipinski definition) is 0. The monoisotopic (exact) mass is 389 g/mol. The van der Waals surface area contributed by atoms with Crippen LogP contribution in [0.25, 0.3) is 0 Å². The van der Waals surface area contributed by atoms with E-state index < -0.39 is 0 Å². The molecular formula is C25H24ClNO. The van der Waals surface area contributed by atoms with E-state index in [0.29, 0.717) is 6.42 Å². The van der Waals surface area contributed by atoms with Gasteiger partial charge >= 0.3 is 0 Å². The fraction of sp³-hybridized carbons (Fsp3) is 0.240. The number of benzene rings is 3. The van der Waals surface area contributed by atoms with Crippen molar-refractivity contribution >= 4 is 17.4 Å². The molecule has 3 aromatic carbocycles. The molecule has 0 aliphatic carbocycles. The third kappa shape index (κ3) is 4.19. The molecule has 3 heteroatoms. The van der Waals surface area contributed by atoms with Crippen molar-refractivity contribution in [1.82, 2.24) is 4.90 Å². The maximum atomic E-state index is 13.0. The molecule has 1 heterocycles. The van der Waals surface area contributed by atoms with Crippen molar-refractivity contribution in [1.29, 1.82) is 0 Å². The normalized spacial score (nSPS) is 15.1. The van der Waals surface area contributed by atoms with E-state index in [0.717, 1.165) is 35.7 Å². The number of fused-ring (bicyclic) bond motifs is 1. The second-order valence-corrected chi connectivity index (χ2v) is 7.99. The number of hydrogen-bond acceptors (Lipinski definition) is 2. The molecule has 4 rings (SSSR count). The average molecular weight is 390 g/mol. The van der Waals surface area contributed by atoms with Gasteiger partial charge in [-0.05, 0) is 42.2 Å². The van der Waals surface area contributed by atoms with E-state index in [9.17, 15) is 4.79 Å². The molecule has 0 amide bonds. The van der Waals surface area contributed by atoms with E-state index in [1.807, 2.05) is 43.3 Å². The van der Waals surface area contributed by atoms with Gasteiger partial charge in [0.1, 0.15) is 0 Å². The van der Waals surface area contributed by atoms with Crippen molar-refractivity contribution in [2.45, 2.75) is 32.4 Å². The summed E-state index contributed by atoms with van der Waals surface area (Å²) in [6.07, 6.45) is 1.48. The number of ketones is 1. The molecule has 0 saturated carbocycles. The molecule has 1 aliphatic rings. The van der Waals surface area contributed by atoms with Crippen molar-refractivity contribution in [3.05, 3.63) is 106 Å². The summed E-state index contributed by atoms with van der Waals surface area (Å²) in [5, 5.41) is 0.719. The number of nitrogens with zero attached hydrogens (tertiary/aromatic N) is 1. The number of halogens is 1. The SMILES string of the molecule is Cc1ccc(C(=O)CC(c2ccc(Cl)cc2)N2CCc3ccccc3C2)cc1. The highest BCUT2D eigenvalue weighted by Gasteiger charge is 2.27. The summed E-state index contributed by atoms with van der Waals surface area (Å²) in [5.41, 5.74) is 5.86. The van der Waals surface area contributed by atoms with E-state index in [1.54, 1.807) is 0 Å². The molecule has 142 valence electrons. The Morgan fingerprint density at radius 2 is 1.64 bits per heavy atom. The lowest BCUT2D eigenvalue weighted by Gasteiger charge is -2.36. The molecule has 0 saturated heterocycles. The van der Waals surface area contributed by atoms with Gasteiger partial charge in [-0.1, -0.05) is 77.8 Å². The number of rotatable bonds is 5. The van der Waals surface area contributed by atoms with Crippen LogP contribution in [0.15, 0.2) is 72.8 Å². The van der Waals surface area contributed by atoms with Crippen LogP contribution in [-0.4, -0.2) is 17.2 Å². The number of aryl methyl sites for hydroxylation is 1. The van der Waals surface area contributed by atoms with Crippen LogP contribution in [0.4, 0.5) is 0 Å². The van der Waals surface area contributed by atoms with Gasteiger partial charge in [0.25, 0.3) is 0 Å². The van der Waals surface area contributed by atoms with Crippen molar-refractivity contribution in [2.75, 3.05) is 6.54 Å². The Kier molecular flexibility index (Phi) is 5.61. The van der Waals surface area contributed by atoms with Crippen LogP contribution in [0.5, 0.6) is 0 Å². The van der Waals surface area contributed by atoms with Gasteiger partial charge in [-0.2, -0.15) is 0 Å². The fourth-order valence-corrected chi connectivity index (χ4v) is 4.09. The minimum absolute atomic E-state index is 0.0411. The highest BCUT2D eigenvalue weighted by molar-refractivity contribution is 6.30. The van der Waals surface area contributed by atoms with Gasteiger partial charge < -0.3 is 0 Å². The smallest absolute Gasteiger partial charge is 0.164 e. The van der Waals surface area contributed by atoms with Crippen LogP contribution in [-0.2, 0) is 13.0 Å². The first-order valence-electron chi connectivity index (χ1n) is 9.76. The Bertz CT molecular complexity index is 963. The summed E-state index contributed by atoms with van der Waals surface area (Å²) in [6.45, 7) is 3.85. The summed E-state index contributed by atoms with van der Waals surface area (Å²) < 4.78 is 0. The first-order chi connectivity index (χ1) is 13.6. The zero-order chi connectivity index (χ0) is 19.5. The van der Waals surface area contributed by atoms with Crippen molar-refractivity contribution in [3.8, 4) is 0 Å². The predicted octanol–water partition coefficient (Wildman–Crippen LogP) is 6.02. The molecule has 0 N–H and O–H groups in total. The van der Waals surface area contributed by atoms with Crippen LogP contribution in [0.3, 0.4) is 0 Å². The van der Waals surface area contributed by atoms with E-state index in [2.05, 4.69) is 41.3 Å². The Hall–Kier alpha value is -2.42. The molecule has 0 radical (unpaired) electrons. The van der Waals surface area contributed by atoms with Gasteiger partial charge in [-0.3, -0.25) is 9.69 Å². The molecule has 3 aromatic rings. The first-order valence-corrected chi connectivity index (χ1v) is 10.1. The second kappa shape index (κ2) is 8.30. The molecule has 0 spiro atoms. The first kappa shape index (κ1) is 18.9. The summed E-state index contributed by atoms with van der Waals surface area (Å²) in [7, 11) is 0. The van der Waals surface area contributed by atoms with E-state index in [1.165, 1.54) is 16.7 Å². The lowest BCUT2D eigenvalue weighted by atomic mass is 9.92. The maximum Gasteiger partial charge on any atom is 0.164 e. The Balaban J connectivity index is 1.62. The van der Waals surface area contributed by atoms with Crippen LogP contribution in [0.2, 0.25) is 5.02 Å². The summed E-state index contributed by atoms with van der Waals surface area (Å²) in [5.74, 6) is 0.179. The third-order valence-corrected chi connectivity index (χ3v) is 5.86. The van der Waals surface area contributed by atoms with Crippen molar-refractivity contribution < 1.29 is 4.79 Å². The lowest BCUT2D eigenvalue weighted by molar-refractivity contribution is 0.0903. The van der Waals surface area contributed by atoms with Crippen LogP contribution < -0.4 is 0 Å². The highest BCUT2D eigenvalue weighted by Crippen LogP contribution is 2.32. The largest absolute Gasteiger partial charge is 0.294 e. The standard InChI is InChI=1S/C25H24ClNO/c1-18-6-8-21(9-7-18)25(28)16-24(20-10-12-23(26)13-11-20)27-15-14-19-4-2-3-5-22(19)17-27/h2-13,24H,14-17H2,1H3. The molecule has 0 aromatic heterocycles. The van der Waals surface area contributed by atoms with Crippen LogP contribution >= 0.6 is 11.6 Å². The van der Waals surface area contributed by atoms with Gasteiger partial charge in [-0.15, -0.1) is 0 Å². The maximum absolute atomic E-state index is 13.0. The number of carbonyl (C=O) groups is 1. The molecule has 1 aliphatic heterocycles. The minimum atomic E-state index is 0.0411. The molecule has 0 bridgehead atoms. The van der Waals surface area contributed by atoms with Crippen molar-refractivity contribution in [2.24, 2.45) is 0 Å².